The number of aromatic nitrogens is 3. The molecule has 0 radical (unpaired) electrons. The molecule has 0 spiro atoms. The molecule has 0 fully saturated rings. The minimum absolute atomic E-state index is 0.0624. The number of carbonyl (C=O) groups is 1. The van der Waals surface area contributed by atoms with Gasteiger partial charge in [0.15, 0.2) is 0 Å². The third kappa shape index (κ3) is 3.51. The number of carboxylic acid groups (broad SMARTS) is 1. The van der Waals surface area contributed by atoms with Gasteiger partial charge in [-0.1, -0.05) is 11.6 Å². The minimum atomic E-state index is -0.847. The predicted molar refractivity (Wildman–Crippen MR) is 96.2 cm³/mol. The Balaban J connectivity index is 2.07. The van der Waals surface area contributed by atoms with Crippen LogP contribution in [-0.4, -0.2) is 31.6 Å². The summed E-state index contributed by atoms with van der Waals surface area (Å²) < 4.78 is 3.26. The van der Waals surface area contributed by atoms with E-state index in [1.807, 2.05) is 0 Å². The van der Waals surface area contributed by atoms with E-state index >= 15 is 0 Å². The first-order valence-electron chi connectivity index (χ1n) is 7.76. The van der Waals surface area contributed by atoms with Gasteiger partial charge in [0.1, 0.15) is 17.2 Å². The van der Waals surface area contributed by atoms with E-state index in [9.17, 15) is 9.59 Å². The molecule has 3 heterocycles. The first-order valence-corrected chi connectivity index (χ1v) is 8.14. The average Bonchev–Trinajstić information content (AvgIpc) is 2.91. The van der Waals surface area contributed by atoms with E-state index in [-0.39, 0.29) is 12.0 Å². The summed E-state index contributed by atoms with van der Waals surface area (Å²) in [6, 6.07) is 6.99. The molecule has 0 unspecified atom stereocenters. The zero-order valence-corrected chi connectivity index (χ0v) is 14.3. The van der Waals surface area contributed by atoms with Crippen LogP contribution in [0.4, 0.5) is 5.82 Å². The van der Waals surface area contributed by atoms with Gasteiger partial charge >= 0.3 is 5.97 Å². The first-order chi connectivity index (χ1) is 12.0. The maximum Gasteiger partial charge on any atom is 0.303 e. The number of hydrogen-bond acceptors (Lipinski definition) is 4. The van der Waals surface area contributed by atoms with Crippen molar-refractivity contribution in [2.75, 3.05) is 11.9 Å². The number of nitrogens with zero attached hydrogens (tertiary/aromatic N) is 3. The van der Waals surface area contributed by atoms with Crippen molar-refractivity contribution < 1.29 is 9.90 Å². The van der Waals surface area contributed by atoms with Gasteiger partial charge in [0.2, 0.25) is 0 Å². The molecule has 0 aromatic carbocycles. The standard InChI is InChI=1S/C17H17ClN4O3/c1-21-9-3-4-12(17(21)25)15-16(19-8-2-5-14(23)24)22-10-11(18)6-7-13(22)20-15/h3-4,6-7,9-10,19H,2,5,8H2,1H3,(H,23,24). The zero-order valence-electron chi connectivity index (χ0n) is 13.6. The Kier molecular flexibility index (Phi) is 4.76. The molecule has 0 amide bonds. The highest BCUT2D eigenvalue weighted by Crippen LogP contribution is 2.28. The molecule has 7 nitrogen and oxygen atoms in total. The largest absolute Gasteiger partial charge is 0.481 e. The van der Waals surface area contributed by atoms with Gasteiger partial charge in [0.05, 0.1) is 10.6 Å². The van der Waals surface area contributed by atoms with Crippen LogP contribution in [0.5, 0.6) is 0 Å². The van der Waals surface area contributed by atoms with Crippen molar-refractivity contribution in [2.45, 2.75) is 12.8 Å². The molecule has 8 heteroatoms. The molecule has 0 saturated heterocycles. The third-order valence-electron chi connectivity index (χ3n) is 3.82. The highest BCUT2D eigenvalue weighted by atomic mass is 35.5. The van der Waals surface area contributed by atoms with Gasteiger partial charge in [-0.2, -0.15) is 0 Å². The number of nitrogens with one attached hydrogen (secondary N) is 1. The fourth-order valence-corrected chi connectivity index (χ4v) is 2.76. The second-order valence-electron chi connectivity index (χ2n) is 5.65. The minimum Gasteiger partial charge on any atom is -0.481 e. The maximum absolute atomic E-state index is 12.5. The van der Waals surface area contributed by atoms with E-state index in [1.54, 1.807) is 48.1 Å². The Bertz CT molecular complexity index is 993. The van der Waals surface area contributed by atoms with Crippen LogP contribution in [0, 0.1) is 0 Å². The molecule has 130 valence electrons. The number of carboxylic acids is 1. The summed E-state index contributed by atoms with van der Waals surface area (Å²) in [6.45, 7) is 0.437. The average molecular weight is 361 g/mol. The molecule has 25 heavy (non-hydrogen) atoms. The molecule has 0 aliphatic heterocycles. The number of imidazole rings is 1. The Morgan fingerprint density at radius 2 is 2.16 bits per heavy atom. The van der Waals surface area contributed by atoms with Crippen LogP contribution in [0.1, 0.15) is 12.8 Å². The fourth-order valence-electron chi connectivity index (χ4n) is 2.60. The summed E-state index contributed by atoms with van der Waals surface area (Å²) in [7, 11) is 1.68. The van der Waals surface area contributed by atoms with E-state index in [1.165, 1.54) is 4.57 Å². The molecule has 2 N–H and O–H groups in total. The summed E-state index contributed by atoms with van der Waals surface area (Å²) in [4.78, 5) is 27.7. The lowest BCUT2D eigenvalue weighted by Gasteiger charge is -2.09. The van der Waals surface area contributed by atoms with E-state index < -0.39 is 5.97 Å². The molecule has 0 saturated carbocycles. The molecule has 3 aromatic heterocycles. The monoisotopic (exact) mass is 360 g/mol. The number of anilines is 1. The normalized spacial score (nSPS) is 11.0. The number of hydrogen-bond donors (Lipinski definition) is 2. The van der Waals surface area contributed by atoms with Crippen LogP contribution in [0.25, 0.3) is 16.9 Å². The smallest absolute Gasteiger partial charge is 0.303 e. The van der Waals surface area contributed by atoms with Gasteiger partial charge in [0.25, 0.3) is 5.56 Å². The Labute approximate surface area is 148 Å². The number of halogens is 1. The Morgan fingerprint density at radius 3 is 2.92 bits per heavy atom. The molecule has 3 aromatic rings. The summed E-state index contributed by atoms with van der Waals surface area (Å²) in [5.41, 5.74) is 1.46. The number of rotatable bonds is 6. The van der Waals surface area contributed by atoms with Crippen LogP contribution < -0.4 is 10.9 Å². The maximum atomic E-state index is 12.5. The van der Waals surface area contributed by atoms with Gasteiger partial charge in [0, 0.05) is 32.4 Å². The van der Waals surface area contributed by atoms with E-state index in [0.717, 1.165) is 0 Å². The van der Waals surface area contributed by atoms with Crippen molar-refractivity contribution in [3.63, 3.8) is 0 Å². The van der Waals surface area contributed by atoms with E-state index in [2.05, 4.69) is 10.3 Å². The molecule has 3 rings (SSSR count). The van der Waals surface area contributed by atoms with Crippen LogP contribution >= 0.6 is 11.6 Å². The Morgan fingerprint density at radius 1 is 1.36 bits per heavy atom. The van der Waals surface area contributed by atoms with Gasteiger partial charge < -0.3 is 15.0 Å². The van der Waals surface area contributed by atoms with Crippen LogP contribution in [0.15, 0.2) is 41.5 Å². The van der Waals surface area contributed by atoms with Crippen LogP contribution in [0.2, 0.25) is 5.02 Å². The predicted octanol–water partition coefficient (Wildman–Crippen LogP) is 2.63. The second kappa shape index (κ2) is 6.98. The third-order valence-corrected chi connectivity index (χ3v) is 4.04. The lowest BCUT2D eigenvalue weighted by atomic mass is 10.2. The van der Waals surface area contributed by atoms with E-state index in [0.29, 0.717) is 40.7 Å². The zero-order chi connectivity index (χ0) is 18.0. The number of pyridine rings is 2. The van der Waals surface area contributed by atoms with Gasteiger partial charge in [-0.15, -0.1) is 0 Å². The van der Waals surface area contributed by atoms with Gasteiger partial charge in [-0.3, -0.25) is 14.0 Å². The SMILES string of the molecule is Cn1cccc(-c2nc3ccc(Cl)cn3c2NCCCC(=O)O)c1=O. The molecule has 0 aliphatic rings. The van der Waals surface area contributed by atoms with Crippen molar-refractivity contribution in [1.82, 2.24) is 14.0 Å². The van der Waals surface area contributed by atoms with E-state index in [4.69, 9.17) is 16.7 Å². The van der Waals surface area contributed by atoms with Crippen molar-refractivity contribution in [1.29, 1.82) is 0 Å². The van der Waals surface area contributed by atoms with Crippen LogP contribution in [-0.2, 0) is 11.8 Å². The highest BCUT2D eigenvalue weighted by Gasteiger charge is 2.17. The first kappa shape index (κ1) is 17.0. The number of fused-ring (bicyclic) bond motifs is 1. The van der Waals surface area contributed by atoms with Crippen LogP contribution in [0.3, 0.4) is 0 Å². The molecular weight excluding hydrogens is 344 g/mol. The molecule has 0 aliphatic carbocycles. The molecular formula is C17H17ClN4O3. The summed E-state index contributed by atoms with van der Waals surface area (Å²) in [6.07, 6.45) is 3.90. The summed E-state index contributed by atoms with van der Waals surface area (Å²) >= 11 is 6.09. The fraction of sp³-hybridized carbons (Fsp3) is 0.235. The summed E-state index contributed by atoms with van der Waals surface area (Å²) in [5, 5.41) is 12.5. The van der Waals surface area contributed by atoms with Crippen molar-refractivity contribution in [3.05, 3.63) is 52.0 Å². The van der Waals surface area contributed by atoms with Crippen molar-refractivity contribution >= 4 is 29.0 Å². The lowest BCUT2D eigenvalue weighted by Crippen LogP contribution is -2.18. The quantitative estimate of drug-likeness (QED) is 0.660. The lowest BCUT2D eigenvalue weighted by molar-refractivity contribution is -0.137. The topological polar surface area (TPSA) is 88.6 Å². The van der Waals surface area contributed by atoms with Gasteiger partial charge in [-0.25, -0.2) is 4.98 Å². The van der Waals surface area contributed by atoms with Crippen molar-refractivity contribution in [3.8, 4) is 11.3 Å². The summed E-state index contributed by atoms with van der Waals surface area (Å²) in [5.74, 6) is -0.230. The molecule has 0 atom stereocenters. The van der Waals surface area contributed by atoms with Crippen molar-refractivity contribution in [2.24, 2.45) is 7.05 Å². The highest BCUT2D eigenvalue weighted by molar-refractivity contribution is 6.30. The number of aliphatic carboxylic acids is 1. The second-order valence-corrected chi connectivity index (χ2v) is 6.08. The molecule has 0 bridgehead atoms. The van der Waals surface area contributed by atoms with Gasteiger partial charge in [-0.05, 0) is 30.7 Å². The Hall–Kier alpha value is -2.80. The number of aryl methyl sites for hydroxylation is 1.